The van der Waals surface area contributed by atoms with E-state index in [-0.39, 0.29) is 42.7 Å². The molecule has 0 aromatic rings. The number of hydrogen-bond acceptors (Lipinski definition) is 7. The molecule has 0 aliphatic carbocycles. The number of unbranched alkanes of at least 4 members (excludes halogenated alkanes) is 30. The van der Waals surface area contributed by atoms with Gasteiger partial charge in [-0.1, -0.05) is 192 Å². The van der Waals surface area contributed by atoms with Crippen LogP contribution >= 0.6 is 0 Å². The number of ether oxygens (including phenoxy) is 3. The lowest BCUT2D eigenvalue weighted by molar-refractivity contribution is -0.889. The first-order valence-corrected chi connectivity index (χ1v) is 26.4. The summed E-state index contributed by atoms with van der Waals surface area (Å²) in [6.07, 6.45) is 52.1. The van der Waals surface area contributed by atoms with Crippen LogP contribution in [0.4, 0.5) is 0 Å². The summed E-state index contributed by atoms with van der Waals surface area (Å²) in [4.78, 5) is 37.0. The van der Waals surface area contributed by atoms with Crippen molar-refractivity contribution in [3.63, 3.8) is 0 Å². The maximum absolute atomic E-state index is 12.8. The molecule has 0 amide bonds. The molecule has 0 aromatic carbocycles. The monoisotopic (exact) mass is 876 g/mol. The quantitative estimate of drug-likeness (QED) is 0.0260. The molecule has 364 valence electrons. The van der Waals surface area contributed by atoms with E-state index in [1.54, 1.807) is 21.1 Å². The van der Waals surface area contributed by atoms with Gasteiger partial charge in [0.25, 0.3) is 0 Å². The number of allylic oxidation sites excluding steroid dienone is 4. The van der Waals surface area contributed by atoms with Gasteiger partial charge in [0.1, 0.15) is 12.6 Å². The normalized spacial score (nSPS) is 13.0. The van der Waals surface area contributed by atoms with Gasteiger partial charge >= 0.3 is 11.9 Å². The van der Waals surface area contributed by atoms with Gasteiger partial charge in [0, 0.05) is 19.3 Å². The predicted molar refractivity (Wildman–Crippen MR) is 259 cm³/mol. The Morgan fingerprint density at radius 2 is 0.806 bits per heavy atom. The summed E-state index contributed by atoms with van der Waals surface area (Å²) in [7, 11) is 5.42. The fourth-order valence-electron chi connectivity index (χ4n) is 7.94. The minimum atomic E-state index is -1.12. The molecule has 8 heteroatoms. The SMILES string of the molecule is CCCCCCCCC/C=C/CCCCCCCC(=O)OC(COCCC(C(=O)[O-])[N+](C)(C)C)COC(=O)CCCCCCCCC/C=C/CCCCCCCCCCCCC. The molecular weight excluding hydrogens is 775 g/mol. The van der Waals surface area contributed by atoms with Crippen molar-refractivity contribution in [3.05, 3.63) is 24.3 Å². The highest BCUT2D eigenvalue weighted by Crippen LogP contribution is 2.15. The molecule has 2 unspecified atom stereocenters. The lowest BCUT2D eigenvalue weighted by atomic mass is 10.0. The number of carbonyl (C=O) groups is 3. The van der Waals surface area contributed by atoms with E-state index < -0.39 is 18.1 Å². The Kier molecular flexibility index (Phi) is 43.8. The minimum Gasteiger partial charge on any atom is -0.544 e. The Bertz CT molecular complexity index is 1070. The summed E-state index contributed by atoms with van der Waals surface area (Å²) in [6.45, 7) is 4.68. The number of carbonyl (C=O) groups excluding carboxylic acids is 3. The number of nitrogens with zero attached hydrogens (tertiary/aromatic N) is 1. The second kappa shape index (κ2) is 45.4. The van der Waals surface area contributed by atoms with E-state index in [1.165, 1.54) is 167 Å². The van der Waals surface area contributed by atoms with Crippen LogP contribution in [-0.4, -0.2) is 75.5 Å². The molecule has 0 bridgehead atoms. The second-order valence-electron chi connectivity index (χ2n) is 19.1. The summed E-state index contributed by atoms with van der Waals surface area (Å²) >= 11 is 0. The molecular formula is C54H101NO7. The largest absolute Gasteiger partial charge is 0.544 e. The Morgan fingerprint density at radius 1 is 0.468 bits per heavy atom. The topological polar surface area (TPSA) is 102 Å². The highest BCUT2D eigenvalue weighted by atomic mass is 16.6. The summed E-state index contributed by atoms with van der Waals surface area (Å²) in [6, 6.07) is -0.726. The van der Waals surface area contributed by atoms with Crippen LogP contribution in [0.15, 0.2) is 24.3 Å². The van der Waals surface area contributed by atoms with E-state index in [0.29, 0.717) is 12.8 Å². The lowest BCUT2D eigenvalue weighted by Crippen LogP contribution is -2.55. The molecule has 0 saturated heterocycles. The van der Waals surface area contributed by atoms with E-state index in [0.717, 1.165) is 51.4 Å². The van der Waals surface area contributed by atoms with Gasteiger partial charge in [0.2, 0.25) is 0 Å². The summed E-state index contributed by atoms with van der Waals surface area (Å²) in [5, 5.41) is 11.7. The van der Waals surface area contributed by atoms with Crippen molar-refractivity contribution < 1.29 is 38.2 Å². The van der Waals surface area contributed by atoms with E-state index in [1.807, 2.05) is 0 Å². The van der Waals surface area contributed by atoms with Crippen molar-refractivity contribution in [2.75, 3.05) is 41.0 Å². The Hall–Kier alpha value is -2.19. The van der Waals surface area contributed by atoms with Gasteiger partial charge < -0.3 is 28.6 Å². The number of quaternary nitrogens is 1. The predicted octanol–water partition coefficient (Wildman–Crippen LogP) is 13.9. The van der Waals surface area contributed by atoms with Crippen molar-refractivity contribution in [2.45, 2.75) is 264 Å². The Balaban J connectivity index is 4.20. The van der Waals surface area contributed by atoms with Crippen LogP contribution in [0.3, 0.4) is 0 Å². The molecule has 62 heavy (non-hydrogen) atoms. The molecule has 0 aliphatic heterocycles. The van der Waals surface area contributed by atoms with Crippen molar-refractivity contribution in [2.24, 2.45) is 0 Å². The molecule has 0 aromatic heterocycles. The van der Waals surface area contributed by atoms with Crippen LogP contribution in [0.5, 0.6) is 0 Å². The van der Waals surface area contributed by atoms with Gasteiger partial charge in [0.05, 0.1) is 40.3 Å². The lowest BCUT2D eigenvalue weighted by Gasteiger charge is -2.34. The Labute approximate surface area is 383 Å². The standard InChI is InChI=1S/C54H101NO7/c1-6-8-10-12-14-16-18-20-22-24-25-26-27-28-29-31-32-34-36-38-40-42-44-52(56)61-49-50(48-60-47-46-51(54(58)59)55(3,4)5)62-53(57)45-43-41-39-37-35-33-30-23-21-19-17-15-13-11-9-7-2/h23,27-28,30,50-51H,6-22,24-26,29,31-49H2,1-5H3/b28-27+,30-23+. The molecule has 0 aliphatic rings. The first-order chi connectivity index (χ1) is 30.1. The average molecular weight is 876 g/mol. The number of aliphatic carboxylic acids is 1. The van der Waals surface area contributed by atoms with Crippen molar-refractivity contribution in [1.82, 2.24) is 0 Å². The molecule has 0 radical (unpaired) electrons. The third kappa shape index (κ3) is 43.1. The molecule has 0 fully saturated rings. The summed E-state index contributed by atoms with van der Waals surface area (Å²) < 4.78 is 17.2. The van der Waals surface area contributed by atoms with E-state index in [2.05, 4.69) is 38.2 Å². The van der Waals surface area contributed by atoms with Crippen LogP contribution in [0.1, 0.15) is 251 Å². The van der Waals surface area contributed by atoms with Gasteiger partial charge in [0.15, 0.2) is 6.10 Å². The number of rotatable bonds is 48. The fourth-order valence-corrected chi connectivity index (χ4v) is 7.94. The number of carboxylic acid groups (broad SMARTS) is 1. The second-order valence-corrected chi connectivity index (χ2v) is 19.1. The molecule has 0 rings (SSSR count). The molecule has 0 spiro atoms. The third-order valence-electron chi connectivity index (χ3n) is 12.1. The van der Waals surface area contributed by atoms with E-state index in [9.17, 15) is 19.5 Å². The molecule has 8 nitrogen and oxygen atoms in total. The van der Waals surface area contributed by atoms with Crippen LogP contribution in [-0.2, 0) is 28.6 Å². The molecule has 0 heterocycles. The summed E-state index contributed by atoms with van der Waals surface area (Å²) in [5.74, 6) is -1.74. The van der Waals surface area contributed by atoms with Crippen LogP contribution in [0, 0.1) is 0 Å². The molecule has 2 atom stereocenters. The van der Waals surface area contributed by atoms with Crippen molar-refractivity contribution in [3.8, 4) is 0 Å². The first-order valence-electron chi connectivity index (χ1n) is 26.4. The van der Waals surface area contributed by atoms with Crippen LogP contribution in [0.2, 0.25) is 0 Å². The van der Waals surface area contributed by atoms with Gasteiger partial charge in [-0.2, -0.15) is 0 Å². The van der Waals surface area contributed by atoms with Gasteiger partial charge in [-0.3, -0.25) is 9.59 Å². The number of likely N-dealkylation sites (N-methyl/N-ethyl adjacent to an activating group) is 1. The Morgan fingerprint density at radius 3 is 1.16 bits per heavy atom. The van der Waals surface area contributed by atoms with Crippen LogP contribution < -0.4 is 5.11 Å². The molecule has 0 N–H and O–H groups in total. The van der Waals surface area contributed by atoms with Gasteiger partial charge in [-0.25, -0.2) is 0 Å². The van der Waals surface area contributed by atoms with E-state index in [4.69, 9.17) is 14.2 Å². The highest BCUT2D eigenvalue weighted by molar-refractivity contribution is 5.70. The van der Waals surface area contributed by atoms with Gasteiger partial charge in [-0.05, 0) is 64.2 Å². The average Bonchev–Trinajstić information content (AvgIpc) is 3.23. The zero-order chi connectivity index (χ0) is 45.6. The van der Waals surface area contributed by atoms with Gasteiger partial charge in [-0.15, -0.1) is 0 Å². The number of hydrogen-bond donors (Lipinski definition) is 0. The number of esters is 2. The maximum atomic E-state index is 12.8. The first kappa shape index (κ1) is 59.8. The maximum Gasteiger partial charge on any atom is 0.306 e. The zero-order valence-corrected chi connectivity index (χ0v) is 41.6. The van der Waals surface area contributed by atoms with Crippen molar-refractivity contribution in [1.29, 1.82) is 0 Å². The zero-order valence-electron chi connectivity index (χ0n) is 41.6. The summed E-state index contributed by atoms with van der Waals surface area (Å²) in [5.41, 5.74) is 0. The third-order valence-corrected chi connectivity index (χ3v) is 12.1. The fraction of sp³-hybridized carbons (Fsp3) is 0.870. The van der Waals surface area contributed by atoms with Crippen LogP contribution in [0.25, 0.3) is 0 Å². The smallest absolute Gasteiger partial charge is 0.306 e. The number of carboxylic acids is 1. The van der Waals surface area contributed by atoms with Crippen molar-refractivity contribution >= 4 is 17.9 Å². The minimum absolute atomic E-state index is 0.0393. The van der Waals surface area contributed by atoms with E-state index >= 15 is 0 Å². The highest BCUT2D eigenvalue weighted by Gasteiger charge is 2.25. The molecule has 0 saturated carbocycles.